The van der Waals surface area contributed by atoms with Crippen molar-refractivity contribution < 1.29 is 10.2 Å². The van der Waals surface area contributed by atoms with E-state index in [1.165, 1.54) is 86.5 Å². The summed E-state index contributed by atoms with van der Waals surface area (Å²) in [5.74, 6) is 0.765. The minimum Gasteiger partial charge on any atom is -0.508 e. The third-order valence-electron chi connectivity index (χ3n) is 8.47. The van der Waals surface area contributed by atoms with E-state index in [-0.39, 0.29) is 10.8 Å². The molecule has 2 fully saturated rings. The Labute approximate surface area is 188 Å². The Hall–Kier alpha value is -1.96. The summed E-state index contributed by atoms with van der Waals surface area (Å²) in [7, 11) is 0. The van der Waals surface area contributed by atoms with Crippen LogP contribution in [-0.4, -0.2) is 10.2 Å². The Morgan fingerprint density at radius 2 is 0.968 bits per heavy atom. The van der Waals surface area contributed by atoms with Gasteiger partial charge in [-0.25, -0.2) is 0 Å². The van der Waals surface area contributed by atoms with E-state index in [0.29, 0.717) is 17.9 Å². The van der Waals surface area contributed by atoms with Gasteiger partial charge < -0.3 is 10.2 Å². The fourth-order valence-corrected chi connectivity index (χ4v) is 6.89. The molecular formula is C29H40O2. The Kier molecular flexibility index (Phi) is 6.12. The smallest absolute Gasteiger partial charge is 0.119 e. The quantitative estimate of drug-likeness (QED) is 0.531. The fourth-order valence-electron chi connectivity index (χ4n) is 6.89. The minimum atomic E-state index is 0.102. The molecule has 2 saturated carbocycles. The molecule has 0 aromatic heterocycles. The maximum atomic E-state index is 11.1. The molecule has 0 spiro atoms. The van der Waals surface area contributed by atoms with Gasteiger partial charge in [-0.2, -0.15) is 0 Å². The summed E-state index contributed by atoms with van der Waals surface area (Å²) in [6.45, 7) is 9.16. The monoisotopic (exact) mass is 420 g/mol. The second-order valence-electron chi connectivity index (χ2n) is 10.9. The van der Waals surface area contributed by atoms with Crippen molar-refractivity contribution in [2.45, 2.75) is 109 Å². The molecule has 0 saturated heterocycles. The van der Waals surface area contributed by atoms with E-state index < -0.39 is 0 Å². The topological polar surface area (TPSA) is 40.5 Å². The molecule has 0 amide bonds. The standard InChI is InChI=1S/C29H40O2/c1-20-11-13-24(30)22(26(20)28(3)15-7-5-8-16-28)19-23-25(31)14-12-21(2)27(23)29(4)17-9-6-10-18-29/h11-14,30-31H,5-10,15-19H2,1-4H3. The van der Waals surface area contributed by atoms with Crippen molar-refractivity contribution in [1.29, 1.82) is 0 Å². The van der Waals surface area contributed by atoms with Gasteiger partial charge in [0.25, 0.3) is 0 Å². The Morgan fingerprint density at radius 1 is 0.613 bits per heavy atom. The molecule has 2 N–H and O–H groups in total. The highest BCUT2D eigenvalue weighted by Gasteiger charge is 2.36. The lowest BCUT2D eigenvalue weighted by Crippen LogP contribution is -2.29. The van der Waals surface area contributed by atoms with E-state index in [0.717, 1.165) is 11.1 Å². The van der Waals surface area contributed by atoms with Crippen LogP contribution in [0.3, 0.4) is 0 Å². The van der Waals surface area contributed by atoms with E-state index in [2.05, 4.69) is 39.8 Å². The first-order valence-corrected chi connectivity index (χ1v) is 12.4. The average molecular weight is 421 g/mol. The fraction of sp³-hybridized carbons (Fsp3) is 0.586. The van der Waals surface area contributed by atoms with Gasteiger partial charge >= 0.3 is 0 Å². The van der Waals surface area contributed by atoms with Gasteiger partial charge in [-0.1, -0.05) is 64.5 Å². The van der Waals surface area contributed by atoms with E-state index in [4.69, 9.17) is 0 Å². The number of rotatable bonds is 4. The van der Waals surface area contributed by atoms with Crippen molar-refractivity contribution in [2.24, 2.45) is 0 Å². The molecule has 2 aromatic carbocycles. The summed E-state index contributed by atoms with van der Waals surface area (Å²) in [4.78, 5) is 0. The molecule has 0 bridgehead atoms. The Bertz CT molecular complexity index is 866. The number of phenols is 2. The zero-order chi connectivity index (χ0) is 22.2. The highest BCUT2D eigenvalue weighted by molar-refractivity contribution is 5.55. The Morgan fingerprint density at radius 3 is 1.32 bits per heavy atom. The van der Waals surface area contributed by atoms with Gasteiger partial charge in [-0.15, -0.1) is 0 Å². The molecule has 2 aromatic rings. The van der Waals surface area contributed by atoms with Crippen molar-refractivity contribution in [2.75, 3.05) is 0 Å². The molecule has 168 valence electrons. The molecule has 0 radical (unpaired) electrons. The van der Waals surface area contributed by atoms with Crippen molar-refractivity contribution in [3.63, 3.8) is 0 Å². The number of aromatic hydroxyl groups is 2. The molecule has 2 aliphatic rings. The molecule has 2 aliphatic carbocycles. The summed E-state index contributed by atoms with van der Waals surface area (Å²) in [5.41, 5.74) is 7.47. The summed E-state index contributed by atoms with van der Waals surface area (Å²) in [6.07, 6.45) is 12.9. The zero-order valence-electron chi connectivity index (χ0n) is 20.0. The number of hydrogen-bond acceptors (Lipinski definition) is 2. The molecule has 0 atom stereocenters. The van der Waals surface area contributed by atoms with Crippen LogP contribution in [0.2, 0.25) is 0 Å². The van der Waals surface area contributed by atoms with Crippen molar-refractivity contribution >= 4 is 0 Å². The maximum absolute atomic E-state index is 11.1. The first-order valence-electron chi connectivity index (χ1n) is 12.4. The largest absolute Gasteiger partial charge is 0.508 e. The van der Waals surface area contributed by atoms with Crippen molar-refractivity contribution in [3.8, 4) is 11.5 Å². The van der Waals surface area contributed by atoms with Crippen LogP contribution in [0.15, 0.2) is 24.3 Å². The van der Waals surface area contributed by atoms with Crippen LogP contribution in [0.1, 0.15) is 111 Å². The SMILES string of the molecule is Cc1ccc(O)c(Cc2c(O)ccc(C)c2C2(C)CCCCC2)c1C1(C)CCCCC1. The van der Waals surface area contributed by atoms with Crippen LogP contribution in [0.5, 0.6) is 11.5 Å². The molecule has 0 heterocycles. The van der Waals surface area contributed by atoms with Gasteiger partial charge in [0.15, 0.2) is 0 Å². The minimum absolute atomic E-state index is 0.102. The summed E-state index contributed by atoms with van der Waals surface area (Å²) >= 11 is 0. The van der Waals surface area contributed by atoms with Gasteiger partial charge in [-0.3, -0.25) is 0 Å². The highest BCUT2D eigenvalue weighted by Crippen LogP contribution is 2.48. The molecule has 31 heavy (non-hydrogen) atoms. The summed E-state index contributed by atoms with van der Waals surface area (Å²) in [6, 6.07) is 7.87. The van der Waals surface area contributed by atoms with Crippen LogP contribution >= 0.6 is 0 Å². The Balaban J connectivity index is 1.86. The van der Waals surface area contributed by atoms with Crippen LogP contribution in [-0.2, 0) is 17.3 Å². The van der Waals surface area contributed by atoms with Crippen LogP contribution in [0.25, 0.3) is 0 Å². The van der Waals surface area contributed by atoms with Crippen molar-refractivity contribution in [1.82, 2.24) is 0 Å². The molecule has 2 heteroatoms. The lowest BCUT2D eigenvalue weighted by atomic mass is 9.66. The highest BCUT2D eigenvalue weighted by atomic mass is 16.3. The lowest BCUT2D eigenvalue weighted by Gasteiger charge is -2.39. The van der Waals surface area contributed by atoms with Gasteiger partial charge in [0.1, 0.15) is 11.5 Å². The van der Waals surface area contributed by atoms with Crippen LogP contribution in [0, 0.1) is 13.8 Å². The second-order valence-corrected chi connectivity index (χ2v) is 10.9. The maximum Gasteiger partial charge on any atom is 0.119 e. The number of benzene rings is 2. The molecule has 2 nitrogen and oxygen atoms in total. The van der Waals surface area contributed by atoms with Gasteiger partial charge in [0.05, 0.1) is 0 Å². The predicted octanol–water partition coefficient (Wildman–Crippen LogP) is 7.75. The van der Waals surface area contributed by atoms with E-state index in [9.17, 15) is 10.2 Å². The van der Waals surface area contributed by atoms with Crippen LogP contribution < -0.4 is 0 Å². The van der Waals surface area contributed by atoms with Crippen molar-refractivity contribution in [3.05, 3.63) is 57.6 Å². The van der Waals surface area contributed by atoms with E-state index in [1.54, 1.807) is 0 Å². The van der Waals surface area contributed by atoms with E-state index >= 15 is 0 Å². The number of phenolic OH excluding ortho intramolecular Hbond substituents is 2. The first kappa shape index (κ1) is 22.2. The van der Waals surface area contributed by atoms with Gasteiger partial charge in [0.2, 0.25) is 0 Å². The number of aryl methyl sites for hydroxylation is 2. The first-order chi connectivity index (χ1) is 14.8. The average Bonchev–Trinajstić information content (AvgIpc) is 2.74. The second kappa shape index (κ2) is 8.52. The third-order valence-corrected chi connectivity index (χ3v) is 8.47. The molecule has 0 unspecified atom stereocenters. The van der Waals surface area contributed by atoms with Gasteiger partial charge in [-0.05, 0) is 84.7 Å². The predicted molar refractivity (Wildman–Crippen MR) is 129 cm³/mol. The third kappa shape index (κ3) is 4.11. The lowest BCUT2D eigenvalue weighted by molar-refractivity contribution is 0.312. The van der Waals surface area contributed by atoms with Crippen LogP contribution in [0.4, 0.5) is 0 Å². The summed E-state index contributed by atoms with van der Waals surface area (Å²) in [5, 5.41) is 22.1. The molecule has 4 rings (SSSR count). The van der Waals surface area contributed by atoms with Gasteiger partial charge in [0, 0.05) is 17.5 Å². The normalized spacial score (nSPS) is 20.5. The zero-order valence-corrected chi connectivity index (χ0v) is 20.0. The number of hydrogen-bond donors (Lipinski definition) is 2. The summed E-state index contributed by atoms with van der Waals surface area (Å²) < 4.78 is 0. The molecular weight excluding hydrogens is 380 g/mol. The van der Waals surface area contributed by atoms with E-state index in [1.807, 2.05) is 12.1 Å². The molecule has 0 aliphatic heterocycles.